The minimum absolute atomic E-state index is 0.168. The van der Waals surface area contributed by atoms with Crippen LogP contribution in [0.4, 0.5) is 0 Å². The Bertz CT molecular complexity index is 317. The molecule has 0 saturated carbocycles. The Kier molecular flexibility index (Phi) is 5.92. The number of thiophene rings is 1. The number of hydrogen-bond donors (Lipinski definition) is 2. The Morgan fingerprint density at radius 2 is 2.25 bits per heavy atom. The first-order valence-electron chi connectivity index (χ1n) is 5.40. The van der Waals surface area contributed by atoms with Gasteiger partial charge in [-0.15, -0.1) is 11.3 Å². The van der Waals surface area contributed by atoms with E-state index in [9.17, 15) is 0 Å². The molecule has 0 fully saturated rings. The van der Waals surface area contributed by atoms with Crippen molar-refractivity contribution >= 4 is 27.3 Å². The molecule has 3 nitrogen and oxygen atoms in total. The second-order valence-corrected chi connectivity index (χ2v) is 5.83. The lowest BCUT2D eigenvalue weighted by Crippen LogP contribution is -2.40. The minimum atomic E-state index is 0.168. The highest BCUT2D eigenvalue weighted by Gasteiger charge is 2.22. The largest absolute Gasteiger partial charge is 0.395 e. The maximum absolute atomic E-state index is 9.09. The Hall–Kier alpha value is 0.0600. The van der Waals surface area contributed by atoms with E-state index < -0.39 is 0 Å². The third-order valence-electron chi connectivity index (χ3n) is 2.56. The summed E-state index contributed by atoms with van der Waals surface area (Å²) in [5.74, 6) is 0. The van der Waals surface area contributed by atoms with Gasteiger partial charge in [-0.25, -0.2) is 0 Å². The van der Waals surface area contributed by atoms with Gasteiger partial charge in [-0.2, -0.15) is 0 Å². The summed E-state index contributed by atoms with van der Waals surface area (Å²) in [5.41, 5.74) is 5.85. The highest BCUT2D eigenvalue weighted by molar-refractivity contribution is 9.10. The van der Waals surface area contributed by atoms with E-state index in [0.29, 0.717) is 19.1 Å². The molecule has 1 aromatic heterocycles. The van der Waals surface area contributed by atoms with E-state index in [2.05, 4.69) is 46.1 Å². The molecular weight excluding hydrogens is 288 g/mol. The highest BCUT2D eigenvalue weighted by atomic mass is 79.9. The zero-order valence-electron chi connectivity index (χ0n) is 9.69. The zero-order chi connectivity index (χ0) is 12.1. The molecule has 1 rings (SSSR count). The molecule has 0 amide bonds. The number of hydrogen-bond acceptors (Lipinski definition) is 4. The molecule has 16 heavy (non-hydrogen) atoms. The first-order chi connectivity index (χ1) is 7.60. The second kappa shape index (κ2) is 6.71. The second-order valence-electron chi connectivity index (χ2n) is 3.97. The Labute approximate surface area is 109 Å². The fourth-order valence-corrected chi connectivity index (χ4v) is 3.39. The molecule has 0 bridgehead atoms. The molecular formula is C11H19BrN2OS. The summed E-state index contributed by atoms with van der Waals surface area (Å²) in [4.78, 5) is 3.48. The smallest absolute Gasteiger partial charge is 0.0567 e. The molecule has 0 aromatic carbocycles. The molecule has 3 N–H and O–H groups in total. The first-order valence-corrected chi connectivity index (χ1v) is 7.08. The van der Waals surface area contributed by atoms with E-state index in [1.54, 1.807) is 11.3 Å². The van der Waals surface area contributed by atoms with E-state index in [1.807, 2.05) is 0 Å². The summed E-state index contributed by atoms with van der Waals surface area (Å²) in [6, 6.07) is 2.68. The number of halogens is 1. The van der Waals surface area contributed by atoms with Crippen LogP contribution in [-0.2, 0) is 0 Å². The maximum Gasteiger partial charge on any atom is 0.0567 e. The van der Waals surface area contributed by atoms with Gasteiger partial charge in [0.15, 0.2) is 0 Å². The molecule has 0 aliphatic rings. The third kappa shape index (κ3) is 3.53. The van der Waals surface area contributed by atoms with Crippen LogP contribution in [0.15, 0.2) is 15.9 Å². The Balaban J connectivity index is 2.85. The predicted molar refractivity (Wildman–Crippen MR) is 72.7 cm³/mol. The van der Waals surface area contributed by atoms with Crippen LogP contribution in [-0.4, -0.2) is 35.7 Å². The molecule has 92 valence electrons. The van der Waals surface area contributed by atoms with Gasteiger partial charge in [-0.3, -0.25) is 4.90 Å². The number of nitrogens with zero attached hydrogens (tertiary/aromatic N) is 1. The van der Waals surface area contributed by atoms with Gasteiger partial charge in [0, 0.05) is 33.9 Å². The van der Waals surface area contributed by atoms with E-state index in [1.165, 1.54) is 4.88 Å². The number of aliphatic hydroxyl groups excluding tert-OH is 1. The van der Waals surface area contributed by atoms with Crippen molar-refractivity contribution in [1.82, 2.24) is 4.90 Å². The summed E-state index contributed by atoms with van der Waals surface area (Å²) in [7, 11) is 0. The van der Waals surface area contributed by atoms with Gasteiger partial charge in [0.1, 0.15) is 0 Å². The van der Waals surface area contributed by atoms with Crippen molar-refractivity contribution in [3.8, 4) is 0 Å². The van der Waals surface area contributed by atoms with E-state index in [4.69, 9.17) is 10.8 Å². The number of nitrogens with two attached hydrogens (primary N) is 1. The summed E-state index contributed by atoms with van der Waals surface area (Å²) < 4.78 is 1.10. The molecule has 1 heterocycles. The van der Waals surface area contributed by atoms with Crippen molar-refractivity contribution in [2.24, 2.45) is 5.73 Å². The van der Waals surface area contributed by atoms with Crippen molar-refractivity contribution in [1.29, 1.82) is 0 Å². The van der Waals surface area contributed by atoms with Crippen molar-refractivity contribution in [3.05, 3.63) is 20.8 Å². The minimum Gasteiger partial charge on any atom is -0.395 e. The third-order valence-corrected chi connectivity index (χ3v) is 4.36. The van der Waals surface area contributed by atoms with Crippen molar-refractivity contribution in [2.45, 2.75) is 25.9 Å². The van der Waals surface area contributed by atoms with Crippen LogP contribution in [0.1, 0.15) is 24.8 Å². The molecule has 1 unspecified atom stereocenters. The topological polar surface area (TPSA) is 49.5 Å². The molecule has 0 aliphatic heterocycles. The normalized spacial score (nSPS) is 13.7. The molecule has 0 saturated heterocycles. The van der Waals surface area contributed by atoms with Crippen LogP contribution in [0.25, 0.3) is 0 Å². The van der Waals surface area contributed by atoms with E-state index in [0.717, 1.165) is 4.47 Å². The average Bonchev–Trinajstić information content (AvgIpc) is 2.64. The summed E-state index contributed by atoms with van der Waals surface area (Å²) in [6.07, 6.45) is 0. The van der Waals surface area contributed by atoms with Gasteiger partial charge in [-0.1, -0.05) is 0 Å². The molecule has 0 spiro atoms. The summed E-state index contributed by atoms with van der Waals surface area (Å²) in [5, 5.41) is 11.2. The predicted octanol–water partition coefficient (Wildman–Crippen LogP) is 2.21. The van der Waals surface area contributed by atoms with E-state index >= 15 is 0 Å². The van der Waals surface area contributed by atoms with E-state index in [-0.39, 0.29) is 12.6 Å². The lowest BCUT2D eigenvalue weighted by molar-refractivity contribution is 0.122. The maximum atomic E-state index is 9.09. The van der Waals surface area contributed by atoms with Crippen molar-refractivity contribution in [3.63, 3.8) is 0 Å². The summed E-state index contributed by atoms with van der Waals surface area (Å²) in [6.45, 7) is 5.66. The van der Waals surface area contributed by atoms with Gasteiger partial charge in [0.25, 0.3) is 0 Å². The quantitative estimate of drug-likeness (QED) is 0.847. The summed E-state index contributed by atoms with van der Waals surface area (Å²) >= 11 is 5.16. The average molecular weight is 307 g/mol. The van der Waals surface area contributed by atoms with Gasteiger partial charge in [0.05, 0.1) is 12.6 Å². The SMILES string of the molecule is CC(C)N(CCO)C(CN)c1cc(Br)cs1. The lowest BCUT2D eigenvalue weighted by atomic mass is 10.1. The van der Waals surface area contributed by atoms with Gasteiger partial charge in [-0.05, 0) is 35.8 Å². The zero-order valence-corrected chi connectivity index (χ0v) is 12.1. The van der Waals surface area contributed by atoms with Crippen LogP contribution in [0.2, 0.25) is 0 Å². The highest BCUT2D eigenvalue weighted by Crippen LogP contribution is 2.29. The van der Waals surface area contributed by atoms with Crippen molar-refractivity contribution < 1.29 is 5.11 Å². The van der Waals surface area contributed by atoms with Gasteiger partial charge in [0.2, 0.25) is 0 Å². The Morgan fingerprint density at radius 1 is 1.56 bits per heavy atom. The van der Waals surface area contributed by atoms with Crippen LogP contribution < -0.4 is 5.73 Å². The fourth-order valence-electron chi connectivity index (χ4n) is 1.81. The van der Waals surface area contributed by atoms with Gasteiger partial charge < -0.3 is 10.8 Å². The lowest BCUT2D eigenvalue weighted by Gasteiger charge is -2.33. The fraction of sp³-hybridized carbons (Fsp3) is 0.636. The molecule has 1 aromatic rings. The Morgan fingerprint density at radius 3 is 2.62 bits per heavy atom. The first kappa shape index (κ1) is 14.1. The van der Waals surface area contributed by atoms with Gasteiger partial charge >= 0.3 is 0 Å². The molecule has 5 heteroatoms. The van der Waals surface area contributed by atoms with Crippen LogP contribution in [0.5, 0.6) is 0 Å². The molecule has 0 aliphatic carbocycles. The van der Waals surface area contributed by atoms with Crippen molar-refractivity contribution in [2.75, 3.05) is 19.7 Å². The molecule has 0 radical (unpaired) electrons. The van der Waals surface area contributed by atoms with Crippen LogP contribution in [0.3, 0.4) is 0 Å². The van der Waals surface area contributed by atoms with Crippen LogP contribution >= 0.6 is 27.3 Å². The monoisotopic (exact) mass is 306 g/mol. The number of rotatable bonds is 6. The van der Waals surface area contributed by atoms with Crippen LogP contribution in [0, 0.1) is 0 Å². The molecule has 1 atom stereocenters. The number of aliphatic hydroxyl groups is 1. The standard InChI is InChI=1S/C11H19BrN2OS/c1-8(2)14(3-4-15)10(6-13)11-5-9(12)7-16-11/h5,7-8,10,15H,3-4,6,13H2,1-2H3.